The summed E-state index contributed by atoms with van der Waals surface area (Å²) in [4.78, 5) is 23.8. The quantitative estimate of drug-likeness (QED) is 0.296. The summed E-state index contributed by atoms with van der Waals surface area (Å²) >= 11 is 0. The first kappa shape index (κ1) is 23.4. The number of aromatic amines is 2. The van der Waals surface area contributed by atoms with Crippen molar-refractivity contribution < 1.29 is 9.13 Å². The van der Waals surface area contributed by atoms with Crippen LogP contribution in [0.15, 0.2) is 67.3 Å². The number of nitrogens with one attached hydrogen (secondary N) is 2. The SMILES string of the molecule is Fc1ccccc1-c1ccnc2nc(-c3n[nH]c4cnc(-c5cncc(OCCN6CCCC6)c5)cc34)[nH]c12. The van der Waals surface area contributed by atoms with Crippen molar-refractivity contribution >= 4 is 22.1 Å². The Hall–Kier alpha value is -4.70. The van der Waals surface area contributed by atoms with Gasteiger partial charge in [-0.2, -0.15) is 5.10 Å². The average molecular weight is 521 g/mol. The zero-order chi connectivity index (χ0) is 26.2. The molecule has 6 heterocycles. The van der Waals surface area contributed by atoms with Gasteiger partial charge in [0.15, 0.2) is 11.5 Å². The van der Waals surface area contributed by atoms with Crippen molar-refractivity contribution in [1.82, 2.24) is 40.0 Å². The van der Waals surface area contributed by atoms with Gasteiger partial charge in [-0.25, -0.2) is 14.4 Å². The Morgan fingerprint density at radius 3 is 2.77 bits per heavy atom. The number of hydrogen-bond acceptors (Lipinski definition) is 7. The largest absolute Gasteiger partial charge is 0.491 e. The standard InChI is InChI=1S/C29H25FN8O/c30-23-6-2-1-5-20(23)21-7-8-32-28-26(21)34-29(35-28)27-22-14-24(33-17-25(22)36-37-27)18-13-19(16-31-15-18)39-12-11-38-9-3-4-10-38/h1-2,5-8,13-17H,3-4,9-12H2,(H,36,37)(H,32,34,35). The first-order chi connectivity index (χ1) is 19.2. The van der Waals surface area contributed by atoms with E-state index in [-0.39, 0.29) is 5.82 Å². The Bertz CT molecular complexity index is 1790. The van der Waals surface area contributed by atoms with Gasteiger partial charge < -0.3 is 9.72 Å². The molecule has 0 unspecified atom stereocenters. The third-order valence-electron chi connectivity index (χ3n) is 7.11. The number of aromatic nitrogens is 7. The van der Waals surface area contributed by atoms with Gasteiger partial charge in [0.1, 0.15) is 23.9 Å². The molecule has 1 aromatic carbocycles. The van der Waals surface area contributed by atoms with Gasteiger partial charge in [0.25, 0.3) is 0 Å². The topological polar surface area (TPSA) is 108 Å². The molecule has 0 atom stereocenters. The van der Waals surface area contributed by atoms with E-state index in [9.17, 15) is 4.39 Å². The molecular formula is C29H25FN8O. The molecular weight excluding hydrogens is 495 g/mol. The van der Waals surface area contributed by atoms with Crippen molar-refractivity contribution in [3.05, 3.63) is 73.1 Å². The highest BCUT2D eigenvalue weighted by Crippen LogP contribution is 2.33. The summed E-state index contributed by atoms with van der Waals surface area (Å²) < 4.78 is 20.6. The summed E-state index contributed by atoms with van der Waals surface area (Å²) in [5.41, 5.74) is 5.27. The summed E-state index contributed by atoms with van der Waals surface area (Å²) in [6, 6.07) is 12.3. The number of nitrogens with zero attached hydrogens (tertiary/aromatic N) is 6. The van der Waals surface area contributed by atoms with Crippen LogP contribution < -0.4 is 4.74 Å². The molecule has 5 aromatic heterocycles. The summed E-state index contributed by atoms with van der Waals surface area (Å²) in [5.74, 6) is 0.935. The number of likely N-dealkylation sites (tertiary alicyclic amines) is 1. The van der Waals surface area contributed by atoms with Crippen LogP contribution in [0.4, 0.5) is 4.39 Å². The number of pyridine rings is 3. The Morgan fingerprint density at radius 2 is 1.87 bits per heavy atom. The summed E-state index contributed by atoms with van der Waals surface area (Å²) in [7, 11) is 0. The van der Waals surface area contributed by atoms with Gasteiger partial charge in [-0.3, -0.25) is 20.0 Å². The van der Waals surface area contributed by atoms with Crippen LogP contribution in [-0.4, -0.2) is 66.3 Å². The average Bonchev–Trinajstić information content (AvgIpc) is 3.73. The van der Waals surface area contributed by atoms with Crippen LogP contribution in [0.3, 0.4) is 0 Å². The number of imidazole rings is 1. The highest BCUT2D eigenvalue weighted by Gasteiger charge is 2.18. The number of rotatable bonds is 7. The molecule has 194 valence electrons. The number of hydrogen-bond donors (Lipinski definition) is 2. The Labute approximate surface area is 223 Å². The predicted molar refractivity (Wildman–Crippen MR) is 147 cm³/mol. The Morgan fingerprint density at radius 1 is 0.974 bits per heavy atom. The van der Waals surface area contributed by atoms with E-state index in [2.05, 4.69) is 40.0 Å². The van der Waals surface area contributed by atoms with Crippen molar-refractivity contribution in [3.8, 4) is 39.7 Å². The van der Waals surface area contributed by atoms with Crippen LogP contribution in [-0.2, 0) is 0 Å². The van der Waals surface area contributed by atoms with Crippen molar-refractivity contribution in [2.75, 3.05) is 26.2 Å². The molecule has 7 rings (SSSR count). The minimum Gasteiger partial charge on any atom is -0.491 e. The summed E-state index contributed by atoms with van der Waals surface area (Å²) in [5, 5.41) is 8.38. The summed E-state index contributed by atoms with van der Waals surface area (Å²) in [6.45, 7) is 3.82. The van der Waals surface area contributed by atoms with Crippen LogP contribution in [0.25, 0.3) is 56.0 Å². The fraction of sp³-hybridized carbons (Fsp3) is 0.207. The number of ether oxygens (including phenoxy) is 1. The maximum Gasteiger partial charge on any atom is 0.178 e. The molecule has 0 spiro atoms. The minimum absolute atomic E-state index is 0.307. The van der Waals surface area contributed by atoms with E-state index in [0.29, 0.717) is 46.2 Å². The molecule has 0 aliphatic carbocycles. The summed E-state index contributed by atoms with van der Waals surface area (Å²) in [6.07, 6.45) is 9.40. The van der Waals surface area contributed by atoms with E-state index in [1.165, 1.54) is 18.9 Å². The number of benzene rings is 1. The molecule has 1 fully saturated rings. The second-order valence-corrected chi connectivity index (χ2v) is 9.62. The molecule has 10 heteroatoms. The highest BCUT2D eigenvalue weighted by molar-refractivity contribution is 5.96. The highest BCUT2D eigenvalue weighted by atomic mass is 19.1. The van der Waals surface area contributed by atoms with E-state index in [4.69, 9.17) is 4.74 Å². The van der Waals surface area contributed by atoms with Crippen molar-refractivity contribution in [2.45, 2.75) is 12.8 Å². The lowest BCUT2D eigenvalue weighted by atomic mass is 10.1. The molecule has 6 aromatic rings. The second kappa shape index (κ2) is 9.88. The smallest absolute Gasteiger partial charge is 0.178 e. The minimum atomic E-state index is -0.307. The van der Waals surface area contributed by atoms with Crippen LogP contribution in [0.1, 0.15) is 12.8 Å². The van der Waals surface area contributed by atoms with E-state index < -0.39 is 0 Å². The van der Waals surface area contributed by atoms with Gasteiger partial charge in [-0.05, 0) is 50.2 Å². The molecule has 0 amide bonds. The Kier molecular flexibility index (Phi) is 5.93. The van der Waals surface area contributed by atoms with Gasteiger partial charge in [-0.15, -0.1) is 0 Å². The number of fused-ring (bicyclic) bond motifs is 2. The number of H-pyrrole nitrogens is 2. The molecule has 1 saturated heterocycles. The second-order valence-electron chi connectivity index (χ2n) is 9.62. The molecule has 2 N–H and O–H groups in total. The fourth-order valence-electron chi connectivity index (χ4n) is 5.12. The predicted octanol–water partition coefficient (Wildman–Crippen LogP) is 5.24. The van der Waals surface area contributed by atoms with Crippen molar-refractivity contribution in [3.63, 3.8) is 0 Å². The van der Waals surface area contributed by atoms with Gasteiger partial charge in [-0.1, -0.05) is 18.2 Å². The van der Waals surface area contributed by atoms with E-state index in [0.717, 1.165) is 41.8 Å². The molecule has 0 radical (unpaired) electrons. The van der Waals surface area contributed by atoms with E-state index >= 15 is 0 Å². The van der Waals surface area contributed by atoms with Crippen LogP contribution in [0, 0.1) is 5.82 Å². The first-order valence-electron chi connectivity index (χ1n) is 13.0. The molecule has 1 aliphatic rings. The van der Waals surface area contributed by atoms with Gasteiger partial charge >= 0.3 is 0 Å². The lowest BCUT2D eigenvalue weighted by Crippen LogP contribution is -2.25. The third-order valence-corrected chi connectivity index (χ3v) is 7.11. The van der Waals surface area contributed by atoms with Gasteiger partial charge in [0.2, 0.25) is 0 Å². The van der Waals surface area contributed by atoms with Crippen molar-refractivity contribution in [1.29, 1.82) is 0 Å². The molecule has 0 saturated carbocycles. The third kappa shape index (κ3) is 4.48. The zero-order valence-electron chi connectivity index (χ0n) is 21.1. The lowest BCUT2D eigenvalue weighted by Gasteiger charge is -2.15. The molecule has 1 aliphatic heterocycles. The van der Waals surface area contributed by atoms with E-state index in [1.807, 2.05) is 12.1 Å². The maximum absolute atomic E-state index is 14.6. The molecule has 0 bridgehead atoms. The van der Waals surface area contributed by atoms with Crippen LogP contribution in [0.5, 0.6) is 5.75 Å². The van der Waals surface area contributed by atoms with Gasteiger partial charge in [0.05, 0.1) is 29.1 Å². The number of halogens is 1. The fourth-order valence-corrected chi connectivity index (χ4v) is 5.12. The normalized spacial score (nSPS) is 14.0. The lowest BCUT2D eigenvalue weighted by molar-refractivity contribution is 0.237. The molecule has 9 nitrogen and oxygen atoms in total. The first-order valence-corrected chi connectivity index (χ1v) is 13.0. The monoisotopic (exact) mass is 520 g/mol. The maximum atomic E-state index is 14.6. The zero-order valence-corrected chi connectivity index (χ0v) is 21.1. The van der Waals surface area contributed by atoms with Crippen molar-refractivity contribution in [2.24, 2.45) is 0 Å². The van der Waals surface area contributed by atoms with E-state index in [1.54, 1.807) is 49.1 Å². The van der Waals surface area contributed by atoms with Crippen LogP contribution >= 0.6 is 0 Å². The van der Waals surface area contributed by atoms with Crippen LogP contribution in [0.2, 0.25) is 0 Å². The Balaban J connectivity index is 1.21. The van der Waals surface area contributed by atoms with Gasteiger partial charge in [0, 0.05) is 41.0 Å². The molecule has 39 heavy (non-hydrogen) atoms.